The molecule has 2 aliphatic rings. The van der Waals surface area contributed by atoms with Crippen molar-refractivity contribution in [2.24, 2.45) is 0 Å². The summed E-state index contributed by atoms with van der Waals surface area (Å²) in [6.45, 7) is -1.44. The number of hydrogen-bond donors (Lipinski definition) is 1. The number of amides is 1. The summed E-state index contributed by atoms with van der Waals surface area (Å²) in [7, 11) is 0. The molecule has 9 atom stereocenters. The van der Waals surface area contributed by atoms with Crippen LogP contribution < -0.4 is 5.32 Å². The summed E-state index contributed by atoms with van der Waals surface area (Å²) < 4.78 is 63.2. The zero-order chi connectivity index (χ0) is 57.4. The highest BCUT2D eigenvalue weighted by Gasteiger charge is 2.65. The maximum atomic E-state index is 14.6. The first-order valence-electron chi connectivity index (χ1n) is 25.8. The zero-order valence-electron chi connectivity index (χ0n) is 43.8. The van der Waals surface area contributed by atoms with E-state index in [-0.39, 0.29) is 38.9 Å². The van der Waals surface area contributed by atoms with Gasteiger partial charge in [-0.25, -0.2) is 33.6 Å². The van der Waals surface area contributed by atoms with E-state index < -0.39 is 122 Å². The first kappa shape index (κ1) is 56.9. The van der Waals surface area contributed by atoms with Crippen LogP contribution in [0.2, 0.25) is 0 Å². The standard InChI is InChI=1S/C63H53NO18/c1-40(65)64-50-53(79-60(71)46-33-19-7-20-34-46)51(77-58(69)44-29-15-5-16-30-44)48(37-73-55(66)41-23-9-2-10-24-41)76-62(50)82-63(39-75-57(68)43-27-13-4-14-28-43)54(80-61(72)47-35-21-8-22-36-47)52(78-59(70)45-31-17-6-18-32-45)49(81-63)38-74-56(67)42-25-11-3-12-26-42/h2-36,48-54,62H,37-39H2,1H3,(H,64,65)/t48-,49-,50+,51-,52-,53-,54+,62-,63+/m1/s1. The monoisotopic (exact) mass is 1110 g/mol. The lowest BCUT2D eigenvalue weighted by atomic mass is 9.95. The number of carbonyl (C=O) groups excluding carboxylic acids is 8. The highest BCUT2D eigenvalue weighted by atomic mass is 16.8. The number of nitrogens with one attached hydrogen (secondary N) is 1. The molecule has 0 saturated carbocycles. The maximum absolute atomic E-state index is 14.6. The van der Waals surface area contributed by atoms with Crippen molar-refractivity contribution in [2.75, 3.05) is 19.8 Å². The third-order valence-electron chi connectivity index (χ3n) is 13.0. The Balaban J connectivity index is 1.21. The van der Waals surface area contributed by atoms with Crippen LogP contribution in [0.3, 0.4) is 0 Å². The van der Waals surface area contributed by atoms with Gasteiger partial charge in [0, 0.05) is 6.92 Å². The lowest BCUT2D eigenvalue weighted by Crippen LogP contribution is -2.69. The van der Waals surface area contributed by atoms with Crippen molar-refractivity contribution in [2.45, 2.75) is 61.7 Å². The first-order chi connectivity index (χ1) is 39.9. The van der Waals surface area contributed by atoms with Crippen LogP contribution >= 0.6 is 0 Å². The molecule has 1 N–H and O–H groups in total. The van der Waals surface area contributed by atoms with Gasteiger partial charge in [-0.15, -0.1) is 0 Å². The Kier molecular flexibility index (Phi) is 18.7. The Labute approximate surface area is 469 Å². The normalized spacial score (nSPS) is 21.8. The summed E-state index contributed by atoms with van der Waals surface area (Å²) in [6.07, 6.45) is -12.9. The molecule has 0 unspecified atom stereocenters. The van der Waals surface area contributed by atoms with Gasteiger partial charge in [-0.3, -0.25) is 4.79 Å². The van der Waals surface area contributed by atoms with Crippen molar-refractivity contribution in [3.8, 4) is 0 Å². The quantitative estimate of drug-likeness (QED) is 0.0565. The van der Waals surface area contributed by atoms with Gasteiger partial charge in [0.2, 0.25) is 11.7 Å². The van der Waals surface area contributed by atoms with E-state index in [1.165, 1.54) is 84.9 Å². The van der Waals surface area contributed by atoms with Crippen LogP contribution in [0.4, 0.5) is 0 Å². The molecule has 1 amide bonds. The highest BCUT2D eigenvalue weighted by molar-refractivity contribution is 5.93. The number of rotatable bonds is 20. The molecule has 82 heavy (non-hydrogen) atoms. The summed E-state index contributed by atoms with van der Waals surface area (Å²) in [5.41, 5.74) is 0.335. The van der Waals surface area contributed by atoms with Gasteiger partial charge in [-0.1, -0.05) is 127 Å². The Bertz CT molecular complexity index is 3320. The van der Waals surface area contributed by atoms with E-state index in [4.69, 9.17) is 47.4 Å². The lowest BCUT2D eigenvalue weighted by Gasteiger charge is -2.47. The van der Waals surface area contributed by atoms with Crippen LogP contribution in [0.1, 0.15) is 79.4 Å². The van der Waals surface area contributed by atoms with Crippen molar-refractivity contribution in [1.82, 2.24) is 5.32 Å². The predicted octanol–water partition coefficient (Wildman–Crippen LogP) is 7.80. The van der Waals surface area contributed by atoms with Gasteiger partial charge in [0.15, 0.2) is 30.7 Å². The average Bonchev–Trinajstić information content (AvgIpc) is 4.05. The molecular formula is C63H53NO18. The Hall–Kier alpha value is -9.82. The van der Waals surface area contributed by atoms with E-state index >= 15 is 0 Å². The van der Waals surface area contributed by atoms with Crippen molar-refractivity contribution >= 4 is 47.7 Å². The molecule has 2 fully saturated rings. The Morgan fingerprint density at radius 2 is 0.707 bits per heavy atom. The molecule has 418 valence electrons. The summed E-state index contributed by atoms with van der Waals surface area (Å²) in [6, 6.07) is 52.5. The fourth-order valence-corrected chi connectivity index (χ4v) is 9.02. The van der Waals surface area contributed by atoms with Crippen LogP contribution in [-0.2, 0) is 52.2 Å². The SMILES string of the molecule is CC(=O)N[C@@H]1[C@@H](O[C@]2(COC(=O)c3ccccc3)O[C@H](COC(=O)c3ccccc3)[C@@H](OC(=O)c3ccccc3)[C@@H]2OC(=O)c2ccccc2)O[C@H](COC(=O)c2ccccc2)[C@@H](OC(=O)c2ccccc2)[C@@H]1OC(=O)c1ccccc1. The van der Waals surface area contributed by atoms with E-state index in [1.54, 1.807) is 127 Å². The van der Waals surface area contributed by atoms with Gasteiger partial charge in [0.05, 0.1) is 38.9 Å². The summed E-state index contributed by atoms with van der Waals surface area (Å²) in [5.74, 6) is -10.2. The number of carbonyl (C=O) groups is 8. The molecule has 2 heterocycles. The van der Waals surface area contributed by atoms with Gasteiger partial charge in [0.25, 0.3) is 0 Å². The van der Waals surface area contributed by atoms with Gasteiger partial charge < -0.3 is 52.7 Å². The molecule has 19 nitrogen and oxygen atoms in total. The summed E-state index contributed by atoms with van der Waals surface area (Å²) in [4.78, 5) is 113. The molecule has 2 saturated heterocycles. The number of hydrogen-bond acceptors (Lipinski definition) is 18. The second kappa shape index (κ2) is 26.9. The summed E-state index contributed by atoms with van der Waals surface area (Å²) in [5, 5.41) is 2.70. The van der Waals surface area contributed by atoms with Crippen molar-refractivity contribution in [1.29, 1.82) is 0 Å². The minimum atomic E-state index is -2.77. The number of ether oxygens (including phenoxy) is 10. The van der Waals surface area contributed by atoms with Gasteiger partial charge in [-0.2, -0.15) is 0 Å². The van der Waals surface area contributed by atoms with E-state index in [9.17, 15) is 38.4 Å². The zero-order valence-corrected chi connectivity index (χ0v) is 43.8. The third kappa shape index (κ3) is 14.1. The van der Waals surface area contributed by atoms with Crippen LogP contribution in [0, 0.1) is 0 Å². The second-order valence-corrected chi connectivity index (χ2v) is 18.6. The van der Waals surface area contributed by atoms with Crippen LogP contribution in [0.15, 0.2) is 212 Å². The first-order valence-corrected chi connectivity index (χ1v) is 25.8. The van der Waals surface area contributed by atoms with E-state index in [0.29, 0.717) is 0 Å². The lowest BCUT2D eigenvalue weighted by molar-refractivity contribution is -0.366. The molecule has 0 radical (unpaired) electrons. The Morgan fingerprint density at radius 1 is 0.390 bits per heavy atom. The van der Waals surface area contributed by atoms with Crippen molar-refractivity contribution in [3.63, 3.8) is 0 Å². The van der Waals surface area contributed by atoms with Crippen molar-refractivity contribution < 1.29 is 85.7 Å². The molecule has 0 aliphatic carbocycles. The summed E-state index contributed by atoms with van der Waals surface area (Å²) >= 11 is 0. The van der Waals surface area contributed by atoms with E-state index in [0.717, 1.165) is 6.92 Å². The maximum Gasteiger partial charge on any atom is 0.338 e. The smallest absolute Gasteiger partial charge is 0.338 e. The van der Waals surface area contributed by atoms with E-state index in [1.807, 2.05) is 0 Å². The fraction of sp³-hybridized carbons (Fsp3) is 0.206. The molecule has 0 bridgehead atoms. The fourth-order valence-electron chi connectivity index (χ4n) is 9.02. The van der Waals surface area contributed by atoms with Crippen molar-refractivity contribution in [3.05, 3.63) is 251 Å². The minimum Gasteiger partial charge on any atom is -0.459 e. The van der Waals surface area contributed by atoms with Gasteiger partial charge in [0.1, 0.15) is 38.1 Å². The number of esters is 7. The van der Waals surface area contributed by atoms with E-state index in [2.05, 4.69) is 5.32 Å². The van der Waals surface area contributed by atoms with Crippen LogP contribution in [0.5, 0.6) is 0 Å². The minimum absolute atomic E-state index is 0.0144. The van der Waals surface area contributed by atoms with Gasteiger partial charge in [-0.05, 0) is 84.9 Å². The molecule has 2 aliphatic heterocycles. The molecule has 9 rings (SSSR count). The molecule has 0 spiro atoms. The van der Waals surface area contributed by atoms with Crippen LogP contribution in [-0.4, -0.2) is 122 Å². The third-order valence-corrected chi connectivity index (χ3v) is 13.0. The molecular weight excluding hydrogens is 1060 g/mol. The average molecular weight is 1110 g/mol. The predicted molar refractivity (Wildman–Crippen MR) is 288 cm³/mol. The molecule has 7 aromatic carbocycles. The largest absolute Gasteiger partial charge is 0.459 e. The molecule has 0 aromatic heterocycles. The Morgan fingerprint density at radius 3 is 1.09 bits per heavy atom. The van der Waals surface area contributed by atoms with Gasteiger partial charge >= 0.3 is 41.8 Å². The molecule has 7 aromatic rings. The van der Waals surface area contributed by atoms with Crippen LogP contribution in [0.25, 0.3) is 0 Å². The molecule has 19 heteroatoms. The second-order valence-electron chi connectivity index (χ2n) is 18.6. The number of benzene rings is 7. The topological polar surface area (TPSA) is 241 Å². The highest BCUT2D eigenvalue weighted by Crippen LogP contribution is 2.42.